The lowest BCUT2D eigenvalue weighted by molar-refractivity contribution is -0.596. The van der Waals surface area contributed by atoms with Crippen LogP contribution in [0.4, 0.5) is 0 Å². The Morgan fingerprint density at radius 1 is 0.536 bits per heavy atom. The number of pyridine rings is 2. The third-order valence-electron chi connectivity index (χ3n) is 4.60. The van der Waals surface area contributed by atoms with E-state index < -0.39 is 0 Å². The van der Waals surface area contributed by atoms with Crippen LogP contribution >= 0.6 is 0 Å². The highest BCUT2D eigenvalue weighted by Gasteiger charge is 2.10. The summed E-state index contributed by atoms with van der Waals surface area (Å²) in [5.41, 5.74) is 5.38. The topological polar surface area (TPSA) is 41.9 Å². The van der Waals surface area contributed by atoms with E-state index in [-0.39, 0.29) is 0 Å². The molecule has 0 saturated carbocycles. The summed E-state index contributed by atoms with van der Waals surface area (Å²) >= 11 is 0. The highest BCUT2D eigenvalue weighted by molar-refractivity contribution is 5.75. The Hall–Kier alpha value is -3.92. The Kier molecular flexibility index (Phi) is 4.85. The van der Waals surface area contributed by atoms with E-state index >= 15 is 0 Å². The zero-order valence-corrected chi connectivity index (χ0v) is 15.1. The van der Waals surface area contributed by atoms with Gasteiger partial charge in [0.15, 0.2) is 24.8 Å². The lowest BCUT2D eigenvalue weighted by atomic mass is 10.1. The van der Waals surface area contributed by atoms with Gasteiger partial charge in [-0.1, -0.05) is 24.3 Å². The van der Waals surface area contributed by atoms with Crippen LogP contribution in [0.15, 0.2) is 97.6 Å². The van der Waals surface area contributed by atoms with Crippen LogP contribution in [0, 0.1) is 0 Å². The molecule has 0 bridgehead atoms. The van der Waals surface area contributed by atoms with Crippen molar-refractivity contribution in [1.29, 1.82) is 0 Å². The number of nitrogens with zero attached hydrogens (tertiary/aromatic N) is 2. The minimum Gasteiger partial charge on any atom is -0.298 e. The predicted octanol–water partition coefficient (Wildman–Crippen LogP) is 3.53. The second-order valence-corrected chi connectivity index (χ2v) is 6.41. The van der Waals surface area contributed by atoms with E-state index in [2.05, 4.69) is 0 Å². The number of aldehydes is 2. The summed E-state index contributed by atoms with van der Waals surface area (Å²) in [5.74, 6) is 0. The lowest BCUT2D eigenvalue weighted by Gasteiger charge is -2.02. The minimum absolute atomic E-state index is 0.653. The number of aromatic nitrogens is 2. The van der Waals surface area contributed by atoms with Crippen molar-refractivity contribution in [3.05, 3.63) is 109 Å². The largest absolute Gasteiger partial charge is 0.298 e. The maximum Gasteiger partial charge on any atom is 0.211 e. The number of carbonyl (C=O) groups is 2. The highest BCUT2D eigenvalue weighted by Crippen LogP contribution is 2.17. The Morgan fingerprint density at radius 3 is 1.29 bits per heavy atom. The summed E-state index contributed by atoms with van der Waals surface area (Å²) in [4.78, 5) is 21.9. The average Bonchev–Trinajstić information content (AvgIpc) is 2.79. The van der Waals surface area contributed by atoms with E-state index in [1.165, 1.54) is 0 Å². The van der Waals surface area contributed by atoms with Gasteiger partial charge in [0, 0.05) is 59.7 Å². The number of rotatable bonds is 5. The molecule has 4 aromatic rings. The molecule has 4 heteroatoms. The van der Waals surface area contributed by atoms with E-state index in [1.54, 1.807) is 12.1 Å². The molecule has 0 atom stereocenters. The molecule has 2 aromatic heterocycles. The molecule has 0 aliphatic rings. The molecule has 28 heavy (non-hydrogen) atoms. The zero-order chi connectivity index (χ0) is 19.3. The SMILES string of the molecule is O=Cc1cccc(-[n+]2ccc(-c3cc[n+](-c4cccc(C=O)c4)cc3)cc2)c1. The van der Waals surface area contributed by atoms with Crippen molar-refractivity contribution in [3.8, 4) is 22.5 Å². The second kappa shape index (κ2) is 7.76. The van der Waals surface area contributed by atoms with Crippen molar-refractivity contribution in [2.75, 3.05) is 0 Å². The van der Waals surface area contributed by atoms with Gasteiger partial charge in [-0.15, -0.1) is 0 Å². The molecular formula is C24H18N2O2+2. The highest BCUT2D eigenvalue weighted by atomic mass is 16.1. The normalized spacial score (nSPS) is 10.4. The molecule has 0 fully saturated rings. The number of benzene rings is 2. The molecule has 0 unspecified atom stereocenters. The lowest BCUT2D eigenvalue weighted by Crippen LogP contribution is -2.30. The second-order valence-electron chi connectivity index (χ2n) is 6.41. The van der Waals surface area contributed by atoms with Crippen LogP contribution in [-0.4, -0.2) is 12.6 Å². The molecule has 0 saturated heterocycles. The smallest absolute Gasteiger partial charge is 0.211 e. The fraction of sp³-hybridized carbons (Fsp3) is 0. The van der Waals surface area contributed by atoms with E-state index in [9.17, 15) is 9.59 Å². The van der Waals surface area contributed by atoms with E-state index in [0.717, 1.165) is 35.1 Å². The summed E-state index contributed by atoms with van der Waals surface area (Å²) in [6.45, 7) is 0. The molecule has 0 radical (unpaired) electrons. The van der Waals surface area contributed by atoms with Gasteiger partial charge in [-0.05, 0) is 11.1 Å². The molecule has 2 aromatic carbocycles. The minimum atomic E-state index is 0.653. The number of carbonyl (C=O) groups excluding carboxylic acids is 2. The van der Waals surface area contributed by atoms with E-state index in [4.69, 9.17) is 0 Å². The summed E-state index contributed by atoms with van der Waals surface area (Å²) in [5, 5.41) is 0. The van der Waals surface area contributed by atoms with E-state index in [0.29, 0.717) is 11.1 Å². The summed E-state index contributed by atoms with van der Waals surface area (Å²) in [6, 6.07) is 23.1. The van der Waals surface area contributed by atoms with E-state index in [1.807, 2.05) is 94.6 Å². The van der Waals surface area contributed by atoms with Crippen LogP contribution in [0.2, 0.25) is 0 Å². The van der Waals surface area contributed by atoms with Crippen molar-refractivity contribution in [2.45, 2.75) is 0 Å². The number of hydrogen-bond donors (Lipinski definition) is 0. The first-order valence-corrected chi connectivity index (χ1v) is 8.91. The average molecular weight is 366 g/mol. The molecule has 4 nitrogen and oxygen atoms in total. The summed E-state index contributed by atoms with van der Waals surface area (Å²) in [6.07, 6.45) is 9.62. The van der Waals surface area contributed by atoms with Crippen LogP contribution in [0.25, 0.3) is 22.5 Å². The molecule has 2 heterocycles. The van der Waals surface area contributed by atoms with Crippen molar-refractivity contribution in [2.24, 2.45) is 0 Å². The maximum absolute atomic E-state index is 11.0. The van der Waals surface area contributed by atoms with Gasteiger partial charge >= 0.3 is 0 Å². The molecule has 0 aliphatic carbocycles. The first-order valence-electron chi connectivity index (χ1n) is 8.91. The van der Waals surface area contributed by atoms with Gasteiger partial charge in [-0.25, -0.2) is 0 Å². The predicted molar refractivity (Wildman–Crippen MR) is 106 cm³/mol. The van der Waals surface area contributed by atoms with Crippen molar-refractivity contribution < 1.29 is 18.7 Å². The van der Waals surface area contributed by atoms with Crippen LogP contribution in [0.1, 0.15) is 20.7 Å². The van der Waals surface area contributed by atoms with Crippen LogP contribution in [0.5, 0.6) is 0 Å². The zero-order valence-electron chi connectivity index (χ0n) is 15.1. The quantitative estimate of drug-likeness (QED) is 0.401. The van der Waals surface area contributed by atoms with Gasteiger partial charge in [0.25, 0.3) is 0 Å². The van der Waals surface area contributed by atoms with Gasteiger partial charge < -0.3 is 0 Å². The van der Waals surface area contributed by atoms with Gasteiger partial charge in [0.2, 0.25) is 11.4 Å². The summed E-state index contributed by atoms with van der Waals surface area (Å²) in [7, 11) is 0. The van der Waals surface area contributed by atoms with Gasteiger partial charge in [0.1, 0.15) is 12.6 Å². The Balaban J connectivity index is 1.59. The molecule has 0 spiro atoms. The Labute approximate surface area is 163 Å². The van der Waals surface area contributed by atoms with Crippen molar-refractivity contribution >= 4 is 12.6 Å². The molecule has 0 N–H and O–H groups in total. The van der Waals surface area contributed by atoms with Gasteiger partial charge in [-0.3, -0.25) is 9.59 Å². The standard InChI is InChI=1S/C24H18N2O2/c27-17-19-3-1-5-23(15-19)25-11-7-21(8-12-25)22-9-13-26(14-10-22)24-6-2-4-20(16-24)18-28/h1-18H/q+2. The van der Waals surface area contributed by atoms with Crippen LogP contribution in [0.3, 0.4) is 0 Å². The first kappa shape index (κ1) is 17.5. The molecule has 4 rings (SSSR count). The van der Waals surface area contributed by atoms with Gasteiger partial charge in [0.05, 0.1) is 0 Å². The van der Waals surface area contributed by atoms with Crippen molar-refractivity contribution in [1.82, 2.24) is 0 Å². The first-order chi connectivity index (χ1) is 13.8. The number of hydrogen-bond acceptors (Lipinski definition) is 2. The fourth-order valence-electron chi connectivity index (χ4n) is 3.10. The Morgan fingerprint density at radius 2 is 0.929 bits per heavy atom. The van der Waals surface area contributed by atoms with Gasteiger partial charge in [-0.2, -0.15) is 9.13 Å². The third-order valence-corrected chi connectivity index (χ3v) is 4.60. The molecule has 0 aliphatic heterocycles. The maximum atomic E-state index is 11.0. The van der Waals surface area contributed by atoms with Crippen LogP contribution in [-0.2, 0) is 0 Å². The Bertz CT molecular complexity index is 1040. The molecule has 0 amide bonds. The molecule has 134 valence electrons. The monoisotopic (exact) mass is 366 g/mol. The molecular weight excluding hydrogens is 348 g/mol. The van der Waals surface area contributed by atoms with Crippen molar-refractivity contribution in [3.63, 3.8) is 0 Å². The summed E-state index contributed by atoms with van der Waals surface area (Å²) < 4.78 is 3.95. The third kappa shape index (κ3) is 3.62. The van der Waals surface area contributed by atoms with Crippen LogP contribution < -0.4 is 9.13 Å². The fourth-order valence-corrected chi connectivity index (χ4v) is 3.10.